The number of aromatic nitrogens is 2. The lowest BCUT2D eigenvalue weighted by Crippen LogP contribution is -2.35. The van der Waals surface area contributed by atoms with Crippen molar-refractivity contribution in [2.75, 3.05) is 14.1 Å². The molecule has 0 saturated carbocycles. The van der Waals surface area contributed by atoms with E-state index < -0.39 is 0 Å². The highest BCUT2D eigenvalue weighted by Gasteiger charge is 2.12. The Morgan fingerprint density at radius 3 is 2.88 bits per heavy atom. The van der Waals surface area contributed by atoms with Crippen LogP contribution in [0.5, 0.6) is 0 Å². The average Bonchev–Trinajstić information content (AvgIpc) is 2.65. The van der Waals surface area contributed by atoms with Gasteiger partial charge in [-0.15, -0.1) is 0 Å². The third kappa shape index (κ3) is 3.34. The normalized spacial score (nSPS) is 10.8. The molecule has 5 nitrogen and oxygen atoms in total. The van der Waals surface area contributed by atoms with Crippen molar-refractivity contribution in [3.63, 3.8) is 0 Å². The first kappa shape index (κ1) is 12.7. The van der Waals surface area contributed by atoms with Crippen LogP contribution in [0.4, 0.5) is 0 Å². The zero-order valence-electron chi connectivity index (χ0n) is 10.4. The maximum Gasteiger partial charge on any atom is 0.242 e. The number of amides is 1. The van der Waals surface area contributed by atoms with Crippen LogP contribution in [0.3, 0.4) is 0 Å². The summed E-state index contributed by atoms with van der Waals surface area (Å²) in [5.41, 5.74) is 0.947. The van der Waals surface area contributed by atoms with Crippen LogP contribution in [-0.4, -0.2) is 40.5 Å². The number of likely N-dealkylation sites (N-methyl/N-ethyl adjacent to an activating group) is 1. The van der Waals surface area contributed by atoms with Crippen molar-refractivity contribution in [1.82, 2.24) is 19.8 Å². The number of hydrogen-bond donors (Lipinski definition) is 1. The van der Waals surface area contributed by atoms with Gasteiger partial charge >= 0.3 is 0 Å². The molecule has 0 aliphatic heterocycles. The van der Waals surface area contributed by atoms with Crippen molar-refractivity contribution in [1.29, 1.82) is 0 Å². The number of hydrogen-bond acceptors (Lipinski definition) is 3. The first-order chi connectivity index (χ1) is 7.54. The lowest BCUT2D eigenvalue weighted by molar-refractivity contribution is -0.131. The van der Waals surface area contributed by atoms with Crippen LogP contribution in [0.25, 0.3) is 0 Å². The Morgan fingerprint density at radius 1 is 1.62 bits per heavy atom. The molecule has 1 aromatic heterocycles. The van der Waals surface area contributed by atoms with Crippen LogP contribution < -0.4 is 5.32 Å². The first-order valence-corrected chi connectivity index (χ1v) is 5.45. The minimum atomic E-state index is 0.100. The summed E-state index contributed by atoms with van der Waals surface area (Å²) in [5.74, 6) is 0.100. The summed E-state index contributed by atoms with van der Waals surface area (Å²) < 4.78 is 1.81. The van der Waals surface area contributed by atoms with E-state index in [1.165, 1.54) is 0 Å². The van der Waals surface area contributed by atoms with Crippen LogP contribution >= 0.6 is 0 Å². The minimum Gasteiger partial charge on any atom is -0.342 e. The highest BCUT2D eigenvalue weighted by Crippen LogP contribution is 2.00. The van der Waals surface area contributed by atoms with Crippen molar-refractivity contribution in [3.8, 4) is 0 Å². The number of carbonyl (C=O) groups is 1. The van der Waals surface area contributed by atoms with Crippen molar-refractivity contribution >= 4 is 5.91 Å². The molecule has 1 rings (SSSR count). The molecule has 1 N–H and O–H groups in total. The van der Waals surface area contributed by atoms with Gasteiger partial charge in [-0.25, -0.2) is 4.98 Å². The van der Waals surface area contributed by atoms with E-state index >= 15 is 0 Å². The fourth-order valence-electron chi connectivity index (χ4n) is 1.32. The molecular weight excluding hydrogens is 204 g/mol. The third-order valence-corrected chi connectivity index (χ3v) is 2.53. The molecule has 0 atom stereocenters. The fraction of sp³-hybridized carbons (Fsp3) is 0.636. The van der Waals surface area contributed by atoms with Gasteiger partial charge in [0.2, 0.25) is 5.91 Å². The highest BCUT2D eigenvalue weighted by atomic mass is 16.2. The summed E-state index contributed by atoms with van der Waals surface area (Å²) in [4.78, 5) is 17.7. The molecule has 16 heavy (non-hydrogen) atoms. The average molecular weight is 224 g/mol. The van der Waals surface area contributed by atoms with E-state index in [0.29, 0.717) is 6.54 Å². The second kappa shape index (κ2) is 5.65. The summed E-state index contributed by atoms with van der Waals surface area (Å²) in [6.45, 7) is 5.07. The molecule has 0 radical (unpaired) electrons. The second-order valence-electron chi connectivity index (χ2n) is 4.17. The molecule has 0 unspecified atom stereocenters. The SMILES string of the molecule is CNCc1cn(CC(=O)N(C)C(C)C)cn1. The lowest BCUT2D eigenvalue weighted by Gasteiger charge is -2.21. The van der Waals surface area contributed by atoms with Crippen LogP contribution in [0.1, 0.15) is 19.5 Å². The molecule has 0 fully saturated rings. The van der Waals surface area contributed by atoms with Gasteiger partial charge in [-0.2, -0.15) is 0 Å². The van der Waals surface area contributed by atoms with Gasteiger partial charge in [0.25, 0.3) is 0 Å². The molecule has 5 heteroatoms. The van der Waals surface area contributed by atoms with Crippen molar-refractivity contribution < 1.29 is 4.79 Å². The van der Waals surface area contributed by atoms with Crippen molar-refractivity contribution in [2.45, 2.75) is 33.0 Å². The maximum atomic E-state index is 11.8. The van der Waals surface area contributed by atoms with Gasteiger partial charge in [0.05, 0.1) is 12.0 Å². The maximum absolute atomic E-state index is 11.8. The summed E-state index contributed by atoms with van der Waals surface area (Å²) in [6.07, 6.45) is 3.58. The standard InChI is InChI=1S/C11H20N4O/c1-9(2)14(4)11(16)7-15-6-10(5-12-3)13-8-15/h6,8-9,12H,5,7H2,1-4H3. The van der Waals surface area contributed by atoms with E-state index in [2.05, 4.69) is 10.3 Å². The summed E-state index contributed by atoms with van der Waals surface area (Å²) in [5, 5.41) is 3.02. The van der Waals surface area contributed by atoms with E-state index in [4.69, 9.17) is 0 Å². The number of rotatable bonds is 5. The van der Waals surface area contributed by atoms with Crippen LogP contribution in [0.2, 0.25) is 0 Å². The van der Waals surface area contributed by atoms with E-state index in [1.807, 2.05) is 38.7 Å². The minimum absolute atomic E-state index is 0.100. The second-order valence-corrected chi connectivity index (χ2v) is 4.17. The summed E-state index contributed by atoms with van der Waals surface area (Å²) in [6, 6.07) is 0.229. The largest absolute Gasteiger partial charge is 0.342 e. The fourth-order valence-corrected chi connectivity index (χ4v) is 1.32. The molecule has 0 saturated heterocycles. The van der Waals surface area contributed by atoms with E-state index in [9.17, 15) is 4.79 Å². The Hall–Kier alpha value is -1.36. The molecule has 90 valence electrons. The Bertz CT molecular complexity index is 346. The van der Waals surface area contributed by atoms with Gasteiger partial charge in [-0.1, -0.05) is 0 Å². The zero-order valence-corrected chi connectivity index (χ0v) is 10.4. The number of nitrogens with zero attached hydrogens (tertiary/aromatic N) is 3. The third-order valence-electron chi connectivity index (χ3n) is 2.53. The predicted molar refractivity (Wildman–Crippen MR) is 62.9 cm³/mol. The molecule has 1 aromatic rings. The van der Waals surface area contributed by atoms with Gasteiger partial charge in [0, 0.05) is 25.8 Å². The first-order valence-electron chi connectivity index (χ1n) is 5.45. The molecule has 1 amide bonds. The molecule has 1 heterocycles. The summed E-state index contributed by atoms with van der Waals surface area (Å²) >= 11 is 0. The van der Waals surface area contributed by atoms with Gasteiger partial charge in [0.1, 0.15) is 6.54 Å². The molecule has 0 bridgehead atoms. The van der Waals surface area contributed by atoms with E-state index in [0.717, 1.165) is 12.2 Å². The van der Waals surface area contributed by atoms with Crippen LogP contribution in [0.15, 0.2) is 12.5 Å². The van der Waals surface area contributed by atoms with Crippen LogP contribution in [0, 0.1) is 0 Å². The zero-order chi connectivity index (χ0) is 12.1. The Morgan fingerprint density at radius 2 is 2.31 bits per heavy atom. The van der Waals surface area contributed by atoms with Gasteiger partial charge in [0.15, 0.2) is 0 Å². The smallest absolute Gasteiger partial charge is 0.242 e. The number of nitrogens with one attached hydrogen (secondary N) is 1. The quantitative estimate of drug-likeness (QED) is 0.791. The molecule has 0 aliphatic carbocycles. The molecule has 0 aliphatic rings. The number of carbonyl (C=O) groups excluding carboxylic acids is 1. The van der Waals surface area contributed by atoms with Gasteiger partial charge in [-0.3, -0.25) is 4.79 Å². The molecule has 0 aromatic carbocycles. The van der Waals surface area contributed by atoms with Crippen LogP contribution in [-0.2, 0) is 17.9 Å². The van der Waals surface area contributed by atoms with E-state index in [1.54, 1.807) is 11.2 Å². The van der Waals surface area contributed by atoms with Gasteiger partial charge in [-0.05, 0) is 20.9 Å². The topological polar surface area (TPSA) is 50.2 Å². The lowest BCUT2D eigenvalue weighted by atomic mass is 10.3. The van der Waals surface area contributed by atoms with Gasteiger partial charge < -0.3 is 14.8 Å². The Labute approximate surface area is 96.5 Å². The van der Waals surface area contributed by atoms with E-state index in [-0.39, 0.29) is 11.9 Å². The predicted octanol–water partition coefficient (Wildman–Crippen LogP) is 0.469. The highest BCUT2D eigenvalue weighted by molar-refractivity contribution is 5.75. The summed E-state index contributed by atoms with van der Waals surface area (Å²) in [7, 11) is 3.69. The number of imidazole rings is 1. The molecule has 0 spiro atoms. The monoisotopic (exact) mass is 224 g/mol. The Balaban J connectivity index is 2.56. The van der Waals surface area contributed by atoms with Crippen molar-refractivity contribution in [2.24, 2.45) is 0 Å². The molecular formula is C11H20N4O. The van der Waals surface area contributed by atoms with Crippen molar-refractivity contribution in [3.05, 3.63) is 18.2 Å². The Kier molecular flexibility index (Phi) is 4.49.